The third-order valence-corrected chi connectivity index (χ3v) is 8.05. The van der Waals surface area contributed by atoms with Gasteiger partial charge < -0.3 is 14.6 Å². The molecule has 0 aromatic rings. The van der Waals surface area contributed by atoms with Gasteiger partial charge in [-0.2, -0.15) is 0 Å². The number of Topliss-reactive ketones (excluding diaryl/α,β-unsaturated/α-hetero) is 1. The molecule has 4 aliphatic rings. The van der Waals surface area contributed by atoms with E-state index in [1.54, 1.807) is 0 Å². The van der Waals surface area contributed by atoms with E-state index < -0.39 is 6.10 Å². The Kier molecular flexibility index (Phi) is 3.42. The predicted octanol–water partition coefficient (Wildman–Crippen LogP) is 3.11. The van der Waals surface area contributed by atoms with Crippen molar-refractivity contribution in [2.75, 3.05) is 6.61 Å². The molecule has 7 atom stereocenters. The fraction of sp³-hybridized carbons (Fsp3) is 0.950. The van der Waals surface area contributed by atoms with E-state index in [0.717, 1.165) is 25.9 Å². The zero-order chi connectivity index (χ0) is 17.5. The van der Waals surface area contributed by atoms with Crippen LogP contribution >= 0.6 is 0 Å². The van der Waals surface area contributed by atoms with Gasteiger partial charge in [0.1, 0.15) is 11.9 Å². The highest BCUT2D eigenvalue weighted by atomic mass is 16.6. The minimum Gasteiger partial charge on any atom is -0.393 e. The summed E-state index contributed by atoms with van der Waals surface area (Å²) in [6.07, 6.45) is 3.77. The molecule has 2 aliphatic heterocycles. The molecule has 0 aromatic heterocycles. The third-order valence-electron chi connectivity index (χ3n) is 8.05. The van der Waals surface area contributed by atoms with Crippen molar-refractivity contribution in [1.82, 2.24) is 0 Å². The Morgan fingerprint density at radius 2 is 1.75 bits per heavy atom. The lowest BCUT2D eigenvalue weighted by Crippen LogP contribution is -2.68. The molecule has 0 radical (unpaired) electrons. The topological polar surface area (TPSA) is 59.1 Å². The highest BCUT2D eigenvalue weighted by Gasteiger charge is 2.67. The van der Waals surface area contributed by atoms with E-state index in [9.17, 15) is 9.90 Å². The monoisotopic (exact) mass is 336 g/mol. The second kappa shape index (κ2) is 4.83. The van der Waals surface area contributed by atoms with Gasteiger partial charge >= 0.3 is 0 Å². The Morgan fingerprint density at radius 3 is 2.38 bits per heavy atom. The van der Waals surface area contributed by atoms with Crippen molar-refractivity contribution in [3.05, 3.63) is 0 Å². The van der Waals surface area contributed by atoms with E-state index in [0.29, 0.717) is 24.5 Å². The van der Waals surface area contributed by atoms with E-state index in [1.807, 2.05) is 0 Å². The van der Waals surface area contributed by atoms with Crippen LogP contribution in [0, 0.1) is 22.7 Å². The first-order valence-electron chi connectivity index (χ1n) is 9.56. The standard InChI is InChI=1S/C20H32O4/c1-17(2)13-6-9-19(4)16(18(13,3)8-7-14(17)22)12(21)10-20(5,24-19)15-11-23-15/h12-13,15-16,21H,6-11H2,1-5H3/t12-,13+,15-,16+,18+,19-,20+/m0/s1. The summed E-state index contributed by atoms with van der Waals surface area (Å²) < 4.78 is 12.2. The smallest absolute Gasteiger partial charge is 0.138 e. The quantitative estimate of drug-likeness (QED) is 0.748. The number of ether oxygens (including phenoxy) is 2. The van der Waals surface area contributed by atoms with Crippen LogP contribution in [0.5, 0.6) is 0 Å². The molecule has 4 fully saturated rings. The highest BCUT2D eigenvalue weighted by Crippen LogP contribution is 2.65. The molecule has 4 heteroatoms. The third kappa shape index (κ3) is 2.12. The number of carbonyl (C=O) groups excluding carboxylic acids is 1. The molecular formula is C20H32O4. The van der Waals surface area contributed by atoms with Gasteiger partial charge in [0.15, 0.2) is 0 Å². The minimum atomic E-state index is -0.394. The maximum atomic E-state index is 12.5. The van der Waals surface area contributed by atoms with Crippen molar-refractivity contribution in [3.63, 3.8) is 0 Å². The summed E-state index contributed by atoms with van der Waals surface area (Å²) in [4.78, 5) is 12.5. The van der Waals surface area contributed by atoms with Gasteiger partial charge in [0, 0.05) is 24.2 Å². The summed E-state index contributed by atoms with van der Waals surface area (Å²) in [6, 6.07) is 0. The molecule has 4 rings (SSSR count). The number of fused-ring (bicyclic) bond motifs is 3. The average Bonchev–Trinajstić information content (AvgIpc) is 3.26. The molecule has 0 unspecified atom stereocenters. The highest BCUT2D eigenvalue weighted by molar-refractivity contribution is 5.85. The molecule has 136 valence electrons. The van der Waals surface area contributed by atoms with Crippen LogP contribution in [0.25, 0.3) is 0 Å². The fourth-order valence-corrected chi connectivity index (χ4v) is 6.91. The molecule has 2 heterocycles. The molecule has 24 heavy (non-hydrogen) atoms. The number of rotatable bonds is 1. The van der Waals surface area contributed by atoms with E-state index in [1.165, 1.54) is 0 Å². The fourth-order valence-electron chi connectivity index (χ4n) is 6.91. The van der Waals surface area contributed by atoms with Gasteiger partial charge in [0.05, 0.1) is 23.9 Å². The van der Waals surface area contributed by atoms with E-state index >= 15 is 0 Å². The van der Waals surface area contributed by atoms with Crippen molar-refractivity contribution in [3.8, 4) is 0 Å². The molecule has 2 saturated carbocycles. The number of aliphatic hydroxyl groups excluding tert-OH is 1. The summed E-state index contributed by atoms with van der Waals surface area (Å²) in [7, 11) is 0. The van der Waals surface area contributed by atoms with Crippen molar-refractivity contribution in [2.24, 2.45) is 22.7 Å². The Morgan fingerprint density at radius 1 is 1.08 bits per heavy atom. The molecular weight excluding hydrogens is 304 g/mol. The molecule has 0 bridgehead atoms. The van der Waals surface area contributed by atoms with Gasteiger partial charge in [-0.05, 0) is 44.4 Å². The lowest BCUT2D eigenvalue weighted by Gasteiger charge is -2.65. The molecule has 2 aliphatic carbocycles. The maximum Gasteiger partial charge on any atom is 0.138 e. The Bertz CT molecular complexity index is 568. The van der Waals surface area contributed by atoms with Crippen LogP contribution in [0.4, 0.5) is 0 Å². The largest absolute Gasteiger partial charge is 0.393 e. The van der Waals surface area contributed by atoms with Gasteiger partial charge in [-0.15, -0.1) is 0 Å². The lowest BCUT2D eigenvalue weighted by molar-refractivity contribution is -0.295. The molecule has 4 nitrogen and oxygen atoms in total. The summed E-state index contributed by atoms with van der Waals surface area (Å²) in [5.74, 6) is 0.795. The van der Waals surface area contributed by atoms with Crippen LogP contribution in [0.3, 0.4) is 0 Å². The normalized spacial score (nSPS) is 56.3. The Balaban J connectivity index is 1.72. The molecule has 0 amide bonds. The lowest BCUT2D eigenvalue weighted by atomic mass is 9.43. The van der Waals surface area contributed by atoms with Crippen LogP contribution in [0.1, 0.15) is 66.7 Å². The number of hydrogen-bond donors (Lipinski definition) is 1. The van der Waals surface area contributed by atoms with Crippen LogP contribution in [0.15, 0.2) is 0 Å². The van der Waals surface area contributed by atoms with Gasteiger partial charge in [0.25, 0.3) is 0 Å². The van der Waals surface area contributed by atoms with Crippen LogP contribution < -0.4 is 0 Å². The van der Waals surface area contributed by atoms with Crippen molar-refractivity contribution < 1.29 is 19.4 Å². The van der Waals surface area contributed by atoms with E-state index in [2.05, 4.69) is 34.6 Å². The van der Waals surface area contributed by atoms with Crippen LogP contribution in [0.2, 0.25) is 0 Å². The summed E-state index contributed by atoms with van der Waals surface area (Å²) >= 11 is 0. The number of epoxide rings is 1. The van der Waals surface area contributed by atoms with Crippen LogP contribution in [-0.2, 0) is 14.3 Å². The zero-order valence-electron chi connectivity index (χ0n) is 15.7. The summed E-state index contributed by atoms with van der Waals surface area (Å²) in [5, 5.41) is 11.2. The van der Waals surface area contributed by atoms with Crippen molar-refractivity contribution in [2.45, 2.75) is 90.1 Å². The van der Waals surface area contributed by atoms with Crippen molar-refractivity contribution in [1.29, 1.82) is 0 Å². The molecule has 0 spiro atoms. The Hall–Kier alpha value is -0.450. The Labute approximate surface area is 145 Å². The number of carbonyl (C=O) groups is 1. The summed E-state index contributed by atoms with van der Waals surface area (Å²) in [6.45, 7) is 11.5. The van der Waals surface area contributed by atoms with E-state index in [4.69, 9.17) is 9.47 Å². The average molecular weight is 336 g/mol. The first-order chi connectivity index (χ1) is 11.0. The number of hydrogen-bond acceptors (Lipinski definition) is 4. The van der Waals surface area contributed by atoms with Gasteiger partial charge in [-0.25, -0.2) is 0 Å². The van der Waals surface area contributed by atoms with Gasteiger partial charge in [-0.1, -0.05) is 20.8 Å². The van der Waals surface area contributed by atoms with Crippen molar-refractivity contribution >= 4 is 5.78 Å². The predicted molar refractivity (Wildman–Crippen MR) is 90.6 cm³/mol. The van der Waals surface area contributed by atoms with E-state index in [-0.39, 0.29) is 34.1 Å². The molecule has 2 saturated heterocycles. The number of aliphatic hydroxyl groups is 1. The SMILES string of the molecule is CC1(C)C(=O)CC[C@]2(C)[C@@H]1CC[C@]1(C)O[C@@](C)([C@@H]3CO3)C[C@H](O)[C@H]21. The second-order valence-electron chi connectivity index (χ2n) is 10.0. The zero-order valence-corrected chi connectivity index (χ0v) is 15.7. The first kappa shape index (κ1) is 17.0. The van der Waals surface area contributed by atoms with Gasteiger partial charge in [-0.3, -0.25) is 4.79 Å². The maximum absolute atomic E-state index is 12.5. The molecule has 1 N–H and O–H groups in total. The molecule has 0 aromatic carbocycles. The van der Waals surface area contributed by atoms with Gasteiger partial charge in [0.2, 0.25) is 0 Å². The number of ketones is 1. The minimum absolute atomic E-state index is 0.0461. The second-order valence-corrected chi connectivity index (χ2v) is 10.0. The summed E-state index contributed by atoms with van der Waals surface area (Å²) in [5.41, 5.74) is -1.06. The first-order valence-corrected chi connectivity index (χ1v) is 9.56. The van der Waals surface area contributed by atoms with Crippen LogP contribution in [-0.4, -0.2) is 40.9 Å².